The quantitative estimate of drug-likeness (QED) is 0.775. The zero-order valence-corrected chi connectivity index (χ0v) is 13.4. The van der Waals surface area contributed by atoms with Gasteiger partial charge in [0.05, 0.1) is 13.0 Å². The Kier molecular flexibility index (Phi) is 4.44. The average Bonchev–Trinajstić information content (AvgIpc) is 2.98. The molecule has 3 rings (SSSR count). The first-order valence-corrected chi connectivity index (χ1v) is 7.86. The lowest BCUT2D eigenvalue weighted by atomic mass is 9.94. The highest BCUT2D eigenvalue weighted by molar-refractivity contribution is 5.90. The summed E-state index contributed by atoms with van der Waals surface area (Å²) >= 11 is 0. The minimum atomic E-state index is -0.982. The van der Waals surface area contributed by atoms with Crippen molar-refractivity contribution in [3.63, 3.8) is 0 Å². The first-order chi connectivity index (χ1) is 11.5. The molecule has 1 aliphatic rings. The predicted octanol–water partition coefficient (Wildman–Crippen LogP) is 2.10. The number of nitrogens with one attached hydrogen (secondary N) is 1. The summed E-state index contributed by atoms with van der Waals surface area (Å²) in [5.74, 6) is -1.73. The third-order valence-corrected chi connectivity index (χ3v) is 4.62. The second-order valence-corrected chi connectivity index (χ2v) is 6.07. The molecule has 2 heterocycles. The number of likely N-dealkylation sites (tertiary alicyclic amines) is 1. The third kappa shape index (κ3) is 2.94. The SMILES string of the molecule is COc1ccc2[nH]cc([C@@H](C(=O)O)N3CCC[C@@H](C(=O)O)C3)c2c1. The predicted molar refractivity (Wildman–Crippen MR) is 87.2 cm³/mol. The lowest BCUT2D eigenvalue weighted by Crippen LogP contribution is -2.43. The summed E-state index contributed by atoms with van der Waals surface area (Å²) in [5.41, 5.74) is 1.45. The van der Waals surface area contributed by atoms with Gasteiger partial charge in [-0.25, -0.2) is 0 Å². The number of piperidine rings is 1. The molecule has 3 N–H and O–H groups in total. The van der Waals surface area contributed by atoms with Gasteiger partial charge in [-0.2, -0.15) is 0 Å². The summed E-state index contributed by atoms with van der Waals surface area (Å²) in [6.07, 6.45) is 2.94. The highest BCUT2D eigenvalue weighted by atomic mass is 16.5. The van der Waals surface area contributed by atoms with E-state index < -0.39 is 23.9 Å². The third-order valence-electron chi connectivity index (χ3n) is 4.62. The number of aromatic nitrogens is 1. The molecule has 0 spiro atoms. The van der Waals surface area contributed by atoms with Crippen LogP contribution in [0.4, 0.5) is 0 Å². The molecule has 1 aliphatic heterocycles. The Bertz CT molecular complexity index is 769. The van der Waals surface area contributed by atoms with E-state index in [0.29, 0.717) is 30.7 Å². The van der Waals surface area contributed by atoms with Crippen molar-refractivity contribution in [1.29, 1.82) is 0 Å². The normalized spacial score (nSPS) is 20.0. The Hall–Kier alpha value is -2.54. The molecule has 0 aliphatic carbocycles. The lowest BCUT2D eigenvalue weighted by Gasteiger charge is -2.34. The van der Waals surface area contributed by atoms with Gasteiger partial charge in [0.2, 0.25) is 0 Å². The number of carbonyl (C=O) groups is 2. The van der Waals surface area contributed by atoms with Crippen LogP contribution in [0.3, 0.4) is 0 Å². The number of carboxylic acid groups (broad SMARTS) is 2. The maximum atomic E-state index is 11.9. The Balaban J connectivity index is 1.99. The molecular weight excluding hydrogens is 312 g/mol. The number of fused-ring (bicyclic) bond motifs is 1. The molecule has 1 fully saturated rings. The zero-order chi connectivity index (χ0) is 17.3. The molecule has 1 saturated heterocycles. The van der Waals surface area contributed by atoms with Crippen molar-refractivity contribution in [2.75, 3.05) is 20.2 Å². The minimum absolute atomic E-state index is 0.239. The van der Waals surface area contributed by atoms with Crippen LogP contribution in [-0.2, 0) is 9.59 Å². The summed E-state index contributed by atoms with van der Waals surface area (Å²) in [6.45, 7) is 0.806. The number of rotatable bonds is 5. The standard InChI is InChI=1S/C17H20N2O5/c1-24-11-4-5-14-12(7-11)13(8-18-14)15(17(22)23)19-6-2-3-10(9-19)16(20)21/h4-5,7-8,10,15,18H,2-3,6,9H2,1H3,(H,20,21)(H,22,23)/t10-,15+/m1/s1. The van der Waals surface area contributed by atoms with Gasteiger partial charge in [-0.05, 0) is 37.6 Å². The van der Waals surface area contributed by atoms with Crippen LogP contribution in [0.2, 0.25) is 0 Å². The molecule has 7 heteroatoms. The smallest absolute Gasteiger partial charge is 0.325 e. The van der Waals surface area contributed by atoms with Crippen LogP contribution in [0.15, 0.2) is 24.4 Å². The fourth-order valence-electron chi connectivity index (χ4n) is 3.40. The van der Waals surface area contributed by atoms with Gasteiger partial charge in [-0.3, -0.25) is 14.5 Å². The van der Waals surface area contributed by atoms with E-state index in [9.17, 15) is 19.8 Å². The van der Waals surface area contributed by atoms with Gasteiger partial charge in [-0.15, -0.1) is 0 Å². The molecule has 0 amide bonds. The van der Waals surface area contributed by atoms with E-state index in [1.165, 1.54) is 0 Å². The van der Waals surface area contributed by atoms with E-state index in [1.54, 1.807) is 30.3 Å². The molecular formula is C17H20N2O5. The van der Waals surface area contributed by atoms with Crippen molar-refractivity contribution in [1.82, 2.24) is 9.88 Å². The Morgan fingerprint density at radius 1 is 1.38 bits per heavy atom. The number of aliphatic carboxylic acids is 2. The number of aromatic amines is 1. The fraction of sp³-hybridized carbons (Fsp3) is 0.412. The van der Waals surface area contributed by atoms with Crippen LogP contribution < -0.4 is 4.74 Å². The van der Waals surface area contributed by atoms with E-state index >= 15 is 0 Å². The highest BCUT2D eigenvalue weighted by Gasteiger charge is 2.35. The molecule has 0 unspecified atom stereocenters. The molecule has 1 aromatic heterocycles. The molecule has 24 heavy (non-hydrogen) atoms. The second-order valence-electron chi connectivity index (χ2n) is 6.07. The number of ether oxygens (including phenoxy) is 1. The number of nitrogens with zero attached hydrogens (tertiary/aromatic N) is 1. The van der Waals surface area contributed by atoms with Gasteiger partial charge >= 0.3 is 11.9 Å². The average molecular weight is 332 g/mol. The van der Waals surface area contributed by atoms with Crippen LogP contribution in [-0.4, -0.2) is 52.2 Å². The van der Waals surface area contributed by atoms with Gasteiger partial charge in [0.1, 0.15) is 11.8 Å². The summed E-state index contributed by atoms with van der Waals surface area (Å²) in [6, 6.07) is 4.57. The van der Waals surface area contributed by atoms with Crippen LogP contribution >= 0.6 is 0 Å². The summed E-state index contributed by atoms with van der Waals surface area (Å²) < 4.78 is 5.23. The van der Waals surface area contributed by atoms with Crippen molar-refractivity contribution in [2.45, 2.75) is 18.9 Å². The molecule has 0 radical (unpaired) electrons. The Morgan fingerprint density at radius 2 is 2.17 bits per heavy atom. The van der Waals surface area contributed by atoms with Crippen molar-refractivity contribution in [2.24, 2.45) is 5.92 Å². The molecule has 0 saturated carbocycles. The molecule has 2 aromatic rings. The van der Waals surface area contributed by atoms with Gasteiger partial charge in [0.25, 0.3) is 0 Å². The number of hydrogen-bond acceptors (Lipinski definition) is 4. The number of carboxylic acids is 2. The first-order valence-electron chi connectivity index (χ1n) is 7.86. The molecule has 2 atom stereocenters. The molecule has 128 valence electrons. The number of hydrogen-bond donors (Lipinski definition) is 3. The number of benzene rings is 1. The molecule has 1 aromatic carbocycles. The molecule has 0 bridgehead atoms. The monoisotopic (exact) mass is 332 g/mol. The number of H-pyrrole nitrogens is 1. The number of methoxy groups -OCH3 is 1. The van der Waals surface area contributed by atoms with E-state index in [-0.39, 0.29) is 6.54 Å². The van der Waals surface area contributed by atoms with Crippen LogP contribution in [0, 0.1) is 5.92 Å². The van der Waals surface area contributed by atoms with Gasteiger partial charge in [-0.1, -0.05) is 0 Å². The lowest BCUT2D eigenvalue weighted by molar-refractivity contribution is -0.149. The maximum Gasteiger partial charge on any atom is 0.325 e. The van der Waals surface area contributed by atoms with Crippen LogP contribution in [0.5, 0.6) is 5.75 Å². The summed E-state index contributed by atoms with van der Waals surface area (Å²) in [7, 11) is 1.56. The highest BCUT2D eigenvalue weighted by Crippen LogP contribution is 2.33. The first kappa shape index (κ1) is 16.3. The van der Waals surface area contributed by atoms with Crippen molar-refractivity contribution >= 4 is 22.8 Å². The second kappa shape index (κ2) is 6.52. The van der Waals surface area contributed by atoms with E-state index in [1.807, 2.05) is 6.07 Å². The maximum absolute atomic E-state index is 11.9. The van der Waals surface area contributed by atoms with Crippen molar-refractivity contribution < 1.29 is 24.5 Å². The Morgan fingerprint density at radius 3 is 2.83 bits per heavy atom. The fourth-order valence-corrected chi connectivity index (χ4v) is 3.40. The largest absolute Gasteiger partial charge is 0.497 e. The topological polar surface area (TPSA) is 103 Å². The molecule has 7 nitrogen and oxygen atoms in total. The van der Waals surface area contributed by atoms with E-state index in [4.69, 9.17) is 4.74 Å². The Labute approximate surface area is 138 Å². The van der Waals surface area contributed by atoms with Gasteiger partial charge in [0.15, 0.2) is 0 Å². The summed E-state index contributed by atoms with van der Waals surface area (Å²) in [5, 5.41) is 19.8. The van der Waals surface area contributed by atoms with E-state index in [2.05, 4.69) is 4.98 Å². The van der Waals surface area contributed by atoms with E-state index in [0.717, 1.165) is 10.9 Å². The summed E-state index contributed by atoms with van der Waals surface area (Å²) in [4.78, 5) is 28.0. The van der Waals surface area contributed by atoms with Gasteiger partial charge in [0, 0.05) is 29.2 Å². The van der Waals surface area contributed by atoms with Crippen molar-refractivity contribution in [3.8, 4) is 5.75 Å². The van der Waals surface area contributed by atoms with Gasteiger partial charge < -0.3 is 19.9 Å². The van der Waals surface area contributed by atoms with Crippen molar-refractivity contribution in [3.05, 3.63) is 30.0 Å². The minimum Gasteiger partial charge on any atom is -0.497 e. The van der Waals surface area contributed by atoms with Crippen LogP contribution in [0.25, 0.3) is 10.9 Å². The van der Waals surface area contributed by atoms with Crippen LogP contribution in [0.1, 0.15) is 24.4 Å². The zero-order valence-electron chi connectivity index (χ0n) is 13.4.